The largest absolute Gasteiger partial charge is 0.313 e. The molecule has 0 radical (unpaired) electrons. The van der Waals surface area contributed by atoms with E-state index in [4.69, 9.17) is 0 Å². The molecule has 2 aliphatic carbocycles. The van der Waals surface area contributed by atoms with Gasteiger partial charge in [-0.1, -0.05) is 57.1 Å². The highest BCUT2D eigenvalue weighted by Crippen LogP contribution is 2.38. The van der Waals surface area contributed by atoms with Crippen molar-refractivity contribution in [3.63, 3.8) is 0 Å². The zero-order valence-corrected chi connectivity index (χ0v) is 12.2. The average Bonchev–Trinajstić information content (AvgIpc) is 2.45. The number of allylic oxidation sites excluding steroid dienone is 1. The maximum absolute atomic E-state index is 3.85. The van der Waals surface area contributed by atoms with Crippen LogP contribution in [0.5, 0.6) is 0 Å². The van der Waals surface area contributed by atoms with Crippen LogP contribution in [0.4, 0.5) is 0 Å². The third kappa shape index (κ3) is 4.12. The van der Waals surface area contributed by atoms with Gasteiger partial charge in [0.2, 0.25) is 0 Å². The summed E-state index contributed by atoms with van der Waals surface area (Å²) in [5, 5.41) is 3.85. The second kappa shape index (κ2) is 7.99. The van der Waals surface area contributed by atoms with Gasteiger partial charge < -0.3 is 5.32 Å². The van der Waals surface area contributed by atoms with Crippen LogP contribution < -0.4 is 5.32 Å². The fourth-order valence-electron chi connectivity index (χ4n) is 4.06. The van der Waals surface area contributed by atoms with Crippen LogP contribution in [0.3, 0.4) is 0 Å². The summed E-state index contributed by atoms with van der Waals surface area (Å²) >= 11 is 0. The fraction of sp³-hybridized carbons (Fsp3) is 0.882. The fourth-order valence-corrected chi connectivity index (χ4v) is 4.06. The number of hydrogen-bond donors (Lipinski definition) is 1. The molecule has 1 heteroatoms. The summed E-state index contributed by atoms with van der Waals surface area (Å²) in [7, 11) is 0. The van der Waals surface area contributed by atoms with Gasteiger partial charge in [-0.3, -0.25) is 0 Å². The normalized spacial score (nSPS) is 30.9. The lowest BCUT2D eigenvalue weighted by Crippen LogP contribution is -2.42. The Morgan fingerprint density at radius 1 is 0.944 bits per heavy atom. The minimum Gasteiger partial charge on any atom is -0.313 e. The molecule has 0 heterocycles. The molecule has 2 aliphatic rings. The molecule has 18 heavy (non-hydrogen) atoms. The van der Waals surface area contributed by atoms with Gasteiger partial charge in [0, 0.05) is 6.04 Å². The number of rotatable bonds is 5. The maximum atomic E-state index is 3.85. The summed E-state index contributed by atoms with van der Waals surface area (Å²) in [6, 6.07) is 0.826. The van der Waals surface area contributed by atoms with Crippen molar-refractivity contribution in [3.8, 4) is 0 Å². The van der Waals surface area contributed by atoms with Crippen molar-refractivity contribution in [1.29, 1.82) is 0 Å². The van der Waals surface area contributed by atoms with E-state index < -0.39 is 0 Å². The zero-order valence-electron chi connectivity index (χ0n) is 12.2. The molecule has 2 atom stereocenters. The third-order valence-corrected chi connectivity index (χ3v) is 5.03. The first-order valence-electron chi connectivity index (χ1n) is 8.26. The summed E-state index contributed by atoms with van der Waals surface area (Å²) in [4.78, 5) is 0. The average molecular weight is 249 g/mol. The molecule has 0 saturated heterocycles. The van der Waals surface area contributed by atoms with Crippen LogP contribution in [-0.4, -0.2) is 12.6 Å². The molecular formula is C17H31N. The van der Waals surface area contributed by atoms with Crippen LogP contribution >= 0.6 is 0 Å². The second-order valence-corrected chi connectivity index (χ2v) is 6.26. The Balaban J connectivity index is 1.80. The monoisotopic (exact) mass is 249 g/mol. The van der Waals surface area contributed by atoms with Gasteiger partial charge in [-0.05, 0) is 44.6 Å². The topological polar surface area (TPSA) is 12.0 Å². The van der Waals surface area contributed by atoms with Gasteiger partial charge in [0.05, 0.1) is 0 Å². The molecule has 0 aromatic carbocycles. The maximum Gasteiger partial charge on any atom is 0.00980 e. The van der Waals surface area contributed by atoms with E-state index in [2.05, 4.69) is 24.4 Å². The summed E-state index contributed by atoms with van der Waals surface area (Å²) in [6.07, 6.45) is 19.0. The summed E-state index contributed by atoms with van der Waals surface area (Å²) in [5.74, 6) is 2.03. The Morgan fingerprint density at radius 2 is 1.67 bits per heavy atom. The van der Waals surface area contributed by atoms with Gasteiger partial charge in [0.1, 0.15) is 0 Å². The molecule has 1 N–H and O–H groups in total. The molecule has 1 nitrogen and oxygen atoms in total. The lowest BCUT2D eigenvalue weighted by Gasteiger charge is -2.39. The van der Waals surface area contributed by atoms with Crippen molar-refractivity contribution in [3.05, 3.63) is 12.2 Å². The zero-order chi connectivity index (χ0) is 12.6. The molecule has 104 valence electrons. The quantitative estimate of drug-likeness (QED) is 0.551. The van der Waals surface area contributed by atoms with Crippen molar-refractivity contribution in [1.82, 2.24) is 5.32 Å². The third-order valence-electron chi connectivity index (χ3n) is 5.03. The standard InChI is InChI=1S/C17H31N/c1-2-3-9-14-18-17-13-8-7-12-16(17)15-10-5-4-6-11-15/h2-3,15-18H,4-14H2,1H3/b3-2+. The van der Waals surface area contributed by atoms with E-state index in [0.29, 0.717) is 0 Å². The van der Waals surface area contributed by atoms with E-state index in [-0.39, 0.29) is 0 Å². The highest BCUT2D eigenvalue weighted by molar-refractivity contribution is 4.88. The van der Waals surface area contributed by atoms with Crippen molar-refractivity contribution in [2.75, 3.05) is 6.54 Å². The van der Waals surface area contributed by atoms with Crippen molar-refractivity contribution in [2.45, 2.75) is 77.2 Å². The summed E-state index contributed by atoms with van der Waals surface area (Å²) in [6.45, 7) is 3.30. The molecule has 2 fully saturated rings. The van der Waals surface area contributed by atoms with Crippen LogP contribution in [-0.2, 0) is 0 Å². The molecule has 0 spiro atoms. The van der Waals surface area contributed by atoms with Gasteiger partial charge in [0.15, 0.2) is 0 Å². The molecule has 0 aromatic heterocycles. The van der Waals surface area contributed by atoms with E-state index in [1.54, 1.807) is 0 Å². The Hall–Kier alpha value is -0.300. The first-order chi connectivity index (χ1) is 8.92. The number of nitrogens with one attached hydrogen (secondary N) is 1. The minimum atomic E-state index is 0.826. The van der Waals surface area contributed by atoms with Crippen LogP contribution in [0.1, 0.15) is 71.1 Å². The van der Waals surface area contributed by atoms with Crippen molar-refractivity contribution < 1.29 is 0 Å². The van der Waals surface area contributed by atoms with Gasteiger partial charge in [-0.25, -0.2) is 0 Å². The first-order valence-corrected chi connectivity index (χ1v) is 8.26. The molecule has 0 amide bonds. The molecular weight excluding hydrogens is 218 g/mol. The molecule has 2 saturated carbocycles. The van der Waals surface area contributed by atoms with Crippen LogP contribution in [0, 0.1) is 11.8 Å². The van der Waals surface area contributed by atoms with Gasteiger partial charge >= 0.3 is 0 Å². The highest BCUT2D eigenvalue weighted by atomic mass is 14.9. The van der Waals surface area contributed by atoms with E-state index in [1.165, 1.54) is 70.8 Å². The van der Waals surface area contributed by atoms with Crippen LogP contribution in [0.15, 0.2) is 12.2 Å². The van der Waals surface area contributed by atoms with Crippen LogP contribution in [0.2, 0.25) is 0 Å². The molecule has 0 aliphatic heterocycles. The highest BCUT2D eigenvalue weighted by Gasteiger charge is 2.31. The minimum absolute atomic E-state index is 0.826. The lowest BCUT2D eigenvalue weighted by molar-refractivity contribution is 0.151. The molecule has 2 unspecified atom stereocenters. The van der Waals surface area contributed by atoms with E-state index in [9.17, 15) is 0 Å². The Bertz CT molecular complexity index is 240. The van der Waals surface area contributed by atoms with E-state index >= 15 is 0 Å². The van der Waals surface area contributed by atoms with E-state index in [0.717, 1.165) is 17.9 Å². The van der Waals surface area contributed by atoms with Crippen molar-refractivity contribution >= 4 is 0 Å². The summed E-state index contributed by atoms with van der Waals surface area (Å²) in [5.41, 5.74) is 0. The molecule has 2 rings (SSSR count). The van der Waals surface area contributed by atoms with Gasteiger partial charge in [0.25, 0.3) is 0 Å². The lowest BCUT2D eigenvalue weighted by atomic mass is 9.71. The smallest absolute Gasteiger partial charge is 0.00980 e. The Kier molecular flexibility index (Phi) is 6.26. The second-order valence-electron chi connectivity index (χ2n) is 6.26. The van der Waals surface area contributed by atoms with Crippen molar-refractivity contribution in [2.24, 2.45) is 11.8 Å². The van der Waals surface area contributed by atoms with Crippen LogP contribution in [0.25, 0.3) is 0 Å². The molecule has 0 bridgehead atoms. The number of hydrogen-bond acceptors (Lipinski definition) is 1. The molecule has 0 aromatic rings. The Labute approximate surface area is 113 Å². The van der Waals surface area contributed by atoms with E-state index in [1.807, 2.05) is 0 Å². The Morgan fingerprint density at radius 3 is 2.44 bits per heavy atom. The van der Waals surface area contributed by atoms with Gasteiger partial charge in [-0.15, -0.1) is 0 Å². The SMILES string of the molecule is C/C=C/CCNC1CCCCC1C1CCCCC1. The first kappa shape index (κ1) is 14.1. The summed E-state index contributed by atoms with van der Waals surface area (Å²) < 4.78 is 0. The van der Waals surface area contributed by atoms with Gasteiger partial charge in [-0.2, -0.15) is 0 Å². The predicted molar refractivity (Wildman–Crippen MR) is 79.8 cm³/mol. The predicted octanol–water partition coefficient (Wildman–Crippen LogP) is 4.68.